The molecule has 100 valence electrons. The number of ether oxygens (including phenoxy) is 1. The number of carbonyl (C=O) groups excluding carboxylic acids is 1. The summed E-state index contributed by atoms with van der Waals surface area (Å²) in [5, 5.41) is 0. The number of carbonyl (C=O) groups is 1. The molecule has 0 aliphatic heterocycles. The maximum absolute atomic E-state index is 13.8. The van der Waals surface area contributed by atoms with Gasteiger partial charge in [0.15, 0.2) is 0 Å². The van der Waals surface area contributed by atoms with E-state index in [4.69, 9.17) is 4.74 Å². The van der Waals surface area contributed by atoms with Crippen LogP contribution in [0.25, 0.3) is 0 Å². The van der Waals surface area contributed by atoms with Gasteiger partial charge in [-0.1, -0.05) is 0 Å². The van der Waals surface area contributed by atoms with Gasteiger partial charge in [-0.2, -0.15) is 0 Å². The molecule has 2 aromatic rings. The summed E-state index contributed by atoms with van der Waals surface area (Å²) < 4.78 is 33.6. The van der Waals surface area contributed by atoms with Crippen LogP contribution in [0, 0.1) is 11.6 Å². The van der Waals surface area contributed by atoms with Gasteiger partial charge >= 0.3 is 0 Å². The molecule has 0 saturated heterocycles. The van der Waals surface area contributed by atoms with E-state index in [2.05, 4.69) is 31.9 Å². The van der Waals surface area contributed by atoms with Crippen LogP contribution in [0.4, 0.5) is 8.78 Å². The van der Waals surface area contributed by atoms with Gasteiger partial charge in [-0.15, -0.1) is 11.3 Å². The highest BCUT2D eigenvalue weighted by Gasteiger charge is 2.22. The minimum atomic E-state index is -0.942. The monoisotopic (exact) mass is 410 g/mol. The summed E-state index contributed by atoms with van der Waals surface area (Å²) in [4.78, 5) is 12.3. The fraction of sp³-hybridized carbons (Fsp3) is 0.0833. The van der Waals surface area contributed by atoms with Gasteiger partial charge in [0.05, 0.1) is 21.3 Å². The Morgan fingerprint density at radius 3 is 2.21 bits per heavy atom. The lowest BCUT2D eigenvalue weighted by atomic mass is 10.1. The number of thiophene rings is 1. The molecular weight excluding hydrogens is 406 g/mol. The molecule has 0 spiro atoms. The van der Waals surface area contributed by atoms with Crippen molar-refractivity contribution in [2.75, 3.05) is 7.11 Å². The summed E-state index contributed by atoms with van der Waals surface area (Å²) in [6, 6.07) is 3.47. The Bertz CT molecular complexity index is 613. The largest absolute Gasteiger partial charge is 0.497 e. The predicted molar refractivity (Wildman–Crippen MR) is 76.1 cm³/mol. The van der Waals surface area contributed by atoms with E-state index in [1.54, 1.807) is 0 Å². The molecule has 2 nitrogen and oxygen atoms in total. The molecule has 0 aliphatic rings. The van der Waals surface area contributed by atoms with E-state index in [0.29, 0.717) is 8.26 Å². The van der Waals surface area contributed by atoms with E-state index < -0.39 is 23.0 Å². The highest BCUT2D eigenvalue weighted by molar-refractivity contribution is 9.13. The summed E-state index contributed by atoms with van der Waals surface area (Å²) >= 11 is 7.55. The van der Waals surface area contributed by atoms with Crippen molar-refractivity contribution in [1.29, 1.82) is 0 Å². The Morgan fingerprint density at radius 1 is 1.21 bits per heavy atom. The van der Waals surface area contributed by atoms with Crippen molar-refractivity contribution < 1.29 is 18.3 Å². The van der Waals surface area contributed by atoms with Gasteiger partial charge in [-0.05, 0) is 37.9 Å². The Balaban J connectivity index is 2.50. The number of methoxy groups -OCH3 is 1. The second kappa shape index (κ2) is 5.68. The predicted octanol–water partition coefficient (Wildman–Crippen LogP) is 4.79. The zero-order chi connectivity index (χ0) is 14.2. The molecule has 0 unspecified atom stereocenters. The molecule has 1 heterocycles. The van der Waals surface area contributed by atoms with Gasteiger partial charge in [-0.3, -0.25) is 4.79 Å². The third kappa shape index (κ3) is 2.88. The summed E-state index contributed by atoms with van der Waals surface area (Å²) in [7, 11) is 1.29. The molecular formula is C12H6Br2F2O2S. The SMILES string of the molecule is COc1cc(F)c(C(=O)c2cc(Br)c(Br)s2)c(F)c1. The van der Waals surface area contributed by atoms with Gasteiger partial charge < -0.3 is 4.74 Å². The highest BCUT2D eigenvalue weighted by Crippen LogP contribution is 2.34. The summed E-state index contributed by atoms with van der Waals surface area (Å²) in [5.74, 6) is -2.56. The van der Waals surface area contributed by atoms with Crippen LogP contribution in [-0.4, -0.2) is 12.9 Å². The lowest BCUT2D eigenvalue weighted by Gasteiger charge is -2.05. The van der Waals surface area contributed by atoms with Crippen molar-refractivity contribution in [2.24, 2.45) is 0 Å². The standard InChI is InChI=1S/C12H6Br2F2O2S/c1-18-5-2-7(15)10(8(16)3-5)11(17)9-4-6(13)12(14)19-9/h2-4H,1H3. The van der Waals surface area contributed by atoms with Crippen molar-refractivity contribution >= 4 is 49.0 Å². The van der Waals surface area contributed by atoms with Gasteiger partial charge in [0.1, 0.15) is 17.4 Å². The van der Waals surface area contributed by atoms with E-state index in [1.807, 2.05) is 0 Å². The molecule has 0 N–H and O–H groups in total. The zero-order valence-corrected chi connectivity index (χ0v) is 13.5. The lowest BCUT2D eigenvalue weighted by Crippen LogP contribution is -2.06. The zero-order valence-electron chi connectivity index (χ0n) is 9.47. The fourth-order valence-electron chi connectivity index (χ4n) is 1.47. The molecule has 0 saturated carbocycles. The molecule has 0 bridgehead atoms. The topological polar surface area (TPSA) is 26.3 Å². The molecule has 0 fully saturated rings. The van der Waals surface area contributed by atoms with E-state index >= 15 is 0 Å². The molecule has 1 aromatic heterocycles. The van der Waals surface area contributed by atoms with Crippen molar-refractivity contribution in [1.82, 2.24) is 0 Å². The summed E-state index contributed by atoms with van der Waals surface area (Å²) in [6.07, 6.45) is 0. The van der Waals surface area contributed by atoms with Gasteiger partial charge in [0.25, 0.3) is 0 Å². The Kier molecular flexibility index (Phi) is 4.37. The minimum absolute atomic E-state index is 0.0279. The fourth-order valence-corrected chi connectivity index (χ4v) is 3.45. The van der Waals surface area contributed by atoms with Gasteiger partial charge in [0.2, 0.25) is 5.78 Å². The average molecular weight is 412 g/mol. The van der Waals surface area contributed by atoms with Crippen LogP contribution in [0.1, 0.15) is 15.2 Å². The number of benzene rings is 1. The van der Waals surface area contributed by atoms with Gasteiger partial charge in [0, 0.05) is 16.6 Å². The lowest BCUT2D eigenvalue weighted by molar-refractivity contribution is 0.103. The molecule has 0 atom stereocenters. The van der Waals surface area contributed by atoms with Crippen LogP contribution in [0.5, 0.6) is 5.75 Å². The quantitative estimate of drug-likeness (QED) is 0.678. The Morgan fingerprint density at radius 2 is 1.79 bits per heavy atom. The molecule has 0 radical (unpaired) electrons. The number of hydrogen-bond acceptors (Lipinski definition) is 3. The number of ketones is 1. The molecule has 0 aliphatic carbocycles. The van der Waals surface area contributed by atoms with Crippen LogP contribution < -0.4 is 4.74 Å². The first-order valence-corrected chi connectivity index (χ1v) is 7.37. The maximum atomic E-state index is 13.8. The van der Waals surface area contributed by atoms with Crippen molar-refractivity contribution in [3.8, 4) is 5.75 Å². The molecule has 19 heavy (non-hydrogen) atoms. The normalized spacial score (nSPS) is 10.6. The molecule has 0 amide bonds. The van der Waals surface area contributed by atoms with E-state index in [1.165, 1.54) is 13.2 Å². The molecule has 7 heteroatoms. The molecule has 1 aromatic carbocycles. The van der Waals surface area contributed by atoms with Crippen molar-refractivity contribution in [2.45, 2.75) is 0 Å². The molecule has 2 rings (SSSR count). The Hall–Kier alpha value is -0.790. The number of halogens is 4. The minimum Gasteiger partial charge on any atom is -0.497 e. The first-order chi connectivity index (χ1) is 8.93. The number of hydrogen-bond donors (Lipinski definition) is 0. The third-order valence-electron chi connectivity index (χ3n) is 2.35. The van der Waals surface area contributed by atoms with Crippen LogP contribution >= 0.6 is 43.2 Å². The smallest absolute Gasteiger partial charge is 0.208 e. The van der Waals surface area contributed by atoms with E-state index in [0.717, 1.165) is 23.5 Å². The van der Waals surface area contributed by atoms with Crippen LogP contribution in [-0.2, 0) is 0 Å². The highest BCUT2D eigenvalue weighted by atomic mass is 79.9. The van der Waals surface area contributed by atoms with Crippen molar-refractivity contribution in [3.63, 3.8) is 0 Å². The summed E-state index contributed by atoms with van der Waals surface area (Å²) in [6.45, 7) is 0. The first kappa shape index (κ1) is 14.6. The van der Waals surface area contributed by atoms with Crippen LogP contribution in [0.2, 0.25) is 0 Å². The maximum Gasteiger partial charge on any atom is 0.208 e. The average Bonchev–Trinajstić information content (AvgIpc) is 2.68. The van der Waals surface area contributed by atoms with Crippen LogP contribution in [0.15, 0.2) is 26.5 Å². The number of rotatable bonds is 3. The van der Waals surface area contributed by atoms with Gasteiger partial charge in [-0.25, -0.2) is 8.78 Å². The van der Waals surface area contributed by atoms with E-state index in [9.17, 15) is 13.6 Å². The van der Waals surface area contributed by atoms with Crippen LogP contribution in [0.3, 0.4) is 0 Å². The summed E-state index contributed by atoms with van der Waals surface area (Å²) in [5.41, 5.74) is -0.581. The van der Waals surface area contributed by atoms with Crippen molar-refractivity contribution in [3.05, 3.63) is 48.5 Å². The van der Waals surface area contributed by atoms with E-state index in [-0.39, 0.29) is 10.6 Å². The second-order valence-corrected chi connectivity index (χ2v) is 6.75. The first-order valence-electron chi connectivity index (χ1n) is 4.96. The second-order valence-electron chi connectivity index (χ2n) is 3.53. The third-order valence-corrected chi connectivity index (χ3v) is 5.60. The Labute approximate surface area is 128 Å².